The number of halogens is 2. The molecule has 0 radical (unpaired) electrons. The summed E-state index contributed by atoms with van der Waals surface area (Å²) in [4.78, 5) is 14.7. The zero-order chi connectivity index (χ0) is 13.3. The van der Waals surface area contributed by atoms with Gasteiger partial charge in [-0.3, -0.25) is 0 Å². The van der Waals surface area contributed by atoms with Crippen LogP contribution in [-0.2, 0) is 0 Å². The lowest BCUT2D eigenvalue weighted by atomic mass is 10.0. The smallest absolute Gasteiger partial charge is 0.355 e. The Balaban J connectivity index is 2.63. The van der Waals surface area contributed by atoms with Crippen LogP contribution in [0.25, 0.3) is 11.1 Å². The van der Waals surface area contributed by atoms with Gasteiger partial charge in [0.15, 0.2) is 17.3 Å². The Morgan fingerprint density at radius 2 is 1.89 bits per heavy atom. The molecule has 0 fully saturated rings. The summed E-state index contributed by atoms with van der Waals surface area (Å²) < 4.78 is 25.9. The van der Waals surface area contributed by atoms with Gasteiger partial charge in [-0.2, -0.15) is 0 Å². The Bertz CT molecular complexity index is 629. The number of rotatable bonds is 2. The molecule has 2 rings (SSSR count). The first-order valence-corrected chi connectivity index (χ1v) is 4.94. The van der Waals surface area contributed by atoms with Gasteiger partial charge in [0, 0.05) is 5.56 Å². The summed E-state index contributed by atoms with van der Waals surface area (Å²) in [5.74, 6) is -3.31. The molecule has 1 aromatic heterocycles. The van der Waals surface area contributed by atoms with Crippen LogP contribution in [0.3, 0.4) is 0 Å². The lowest BCUT2D eigenvalue weighted by Crippen LogP contribution is -2.05. The highest BCUT2D eigenvalue weighted by atomic mass is 19.2. The Morgan fingerprint density at radius 1 is 1.17 bits per heavy atom. The maximum atomic E-state index is 13.1. The van der Waals surface area contributed by atoms with E-state index in [0.29, 0.717) is 0 Å². The van der Waals surface area contributed by atoms with Crippen LogP contribution in [0.4, 0.5) is 14.6 Å². The van der Waals surface area contributed by atoms with Crippen LogP contribution in [0, 0.1) is 11.6 Å². The molecule has 0 unspecified atom stereocenters. The average molecular weight is 250 g/mol. The van der Waals surface area contributed by atoms with E-state index in [0.717, 1.165) is 12.1 Å². The van der Waals surface area contributed by atoms with Crippen molar-refractivity contribution in [3.8, 4) is 11.1 Å². The topological polar surface area (TPSA) is 76.2 Å². The molecule has 92 valence electrons. The van der Waals surface area contributed by atoms with Gasteiger partial charge >= 0.3 is 5.97 Å². The minimum absolute atomic E-state index is 0.0405. The fourth-order valence-corrected chi connectivity index (χ4v) is 1.53. The van der Waals surface area contributed by atoms with Gasteiger partial charge in [-0.25, -0.2) is 18.6 Å². The molecule has 0 bridgehead atoms. The van der Waals surface area contributed by atoms with Gasteiger partial charge in [-0.15, -0.1) is 0 Å². The number of aromatic nitrogens is 1. The minimum atomic E-state index is -1.29. The number of carbonyl (C=O) groups is 1. The molecule has 0 aliphatic rings. The highest BCUT2D eigenvalue weighted by Gasteiger charge is 2.15. The Morgan fingerprint density at radius 3 is 2.50 bits per heavy atom. The molecular formula is C12H8F2N2O2. The largest absolute Gasteiger partial charge is 0.476 e. The third kappa shape index (κ3) is 2.13. The number of nitrogens with two attached hydrogens (primary N) is 1. The monoisotopic (exact) mass is 250 g/mol. The second-order valence-electron chi connectivity index (χ2n) is 3.57. The van der Waals surface area contributed by atoms with Crippen LogP contribution >= 0.6 is 0 Å². The van der Waals surface area contributed by atoms with Crippen LogP contribution in [0.15, 0.2) is 30.3 Å². The second kappa shape index (κ2) is 4.40. The van der Waals surface area contributed by atoms with E-state index in [1.165, 1.54) is 18.2 Å². The van der Waals surface area contributed by atoms with Gasteiger partial charge < -0.3 is 10.8 Å². The summed E-state index contributed by atoms with van der Waals surface area (Å²) in [6, 6.07) is 5.90. The maximum absolute atomic E-state index is 13.1. The summed E-state index contributed by atoms with van der Waals surface area (Å²) in [6.07, 6.45) is 0. The average Bonchev–Trinajstić information content (AvgIpc) is 2.32. The van der Waals surface area contributed by atoms with Crippen LogP contribution in [0.5, 0.6) is 0 Å². The Labute approximate surface area is 101 Å². The van der Waals surface area contributed by atoms with Crippen LogP contribution in [0.1, 0.15) is 10.5 Å². The van der Waals surface area contributed by atoms with Gasteiger partial charge in [-0.05, 0) is 29.8 Å². The zero-order valence-electron chi connectivity index (χ0n) is 9.02. The van der Waals surface area contributed by atoms with Crippen molar-refractivity contribution < 1.29 is 18.7 Å². The van der Waals surface area contributed by atoms with Crippen LogP contribution in [0.2, 0.25) is 0 Å². The van der Waals surface area contributed by atoms with Crippen molar-refractivity contribution in [2.24, 2.45) is 0 Å². The summed E-state index contributed by atoms with van der Waals surface area (Å²) in [7, 11) is 0. The molecule has 0 aliphatic heterocycles. The van der Waals surface area contributed by atoms with Crippen molar-refractivity contribution in [1.29, 1.82) is 0 Å². The summed E-state index contributed by atoms with van der Waals surface area (Å²) >= 11 is 0. The van der Waals surface area contributed by atoms with Crippen molar-refractivity contribution in [2.45, 2.75) is 0 Å². The van der Waals surface area contributed by atoms with Gasteiger partial charge in [0.1, 0.15) is 5.82 Å². The van der Waals surface area contributed by atoms with Gasteiger partial charge in [0.2, 0.25) is 0 Å². The molecule has 3 N–H and O–H groups in total. The Hall–Kier alpha value is -2.50. The van der Waals surface area contributed by atoms with Gasteiger partial charge in [0.25, 0.3) is 0 Å². The molecule has 1 heterocycles. The summed E-state index contributed by atoms with van der Waals surface area (Å²) in [6.45, 7) is 0. The van der Waals surface area contributed by atoms with Crippen LogP contribution in [-0.4, -0.2) is 16.1 Å². The van der Waals surface area contributed by atoms with Gasteiger partial charge in [0.05, 0.1) is 0 Å². The van der Waals surface area contributed by atoms with Crippen molar-refractivity contribution in [3.05, 3.63) is 47.7 Å². The predicted molar refractivity (Wildman–Crippen MR) is 61.0 cm³/mol. The lowest BCUT2D eigenvalue weighted by Gasteiger charge is -2.06. The highest BCUT2D eigenvalue weighted by Crippen LogP contribution is 2.25. The molecule has 0 amide bonds. The highest BCUT2D eigenvalue weighted by molar-refractivity contribution is 5.94. The number of anilines is 1. The molecule has 2 aromatic rings. The number of aromatic carboxylic acids is 1. The van der Waals surface area contributed by atoms with Crippen molar-refractivity contribution >= 4 is 11.8 Å². The summed E-state index contributed by atoms with van der Waals surface area (Å²) in [5, 5.41) is 8.99. The molecule has 0 saturated carbocycles. The quantitative estimate of drug-likeness (QED) is 0.857. The summed E-state index contributed by atoms with van der Waals surface area (Å²) in [5.41, 5.74) is 5.48. The van der Waals surface area contributed by atoms with E-state index >= 15 is 0 Å². The molecule has 0 aliphatic carbocycles. The third-order valence-electron chi connectivity index (χ3n) is 2.35. The van der Waals surface area contributed by atoms with E-state index in [9.17, 15) is 13.6 Å². The SMILES string of the molecule is Nc1ccc(-c2ccc(F)c(F)c2)c(C(=O)O)n1. The molecule has 4 nitrogen and oxygen atoms in total. The maximum Gasteiger partial charge on any atom is 0.355 e. The van der Waals surface area contributed by atoms with E-state index in [1.54, 1.807) is 0 Å². The molecule has 0 atom stereocenters. The number of pyridine rings is 1. The number of carboxylic acid groups (broad SMARTS) is 1. The van der Waals surface area contributed by atoms with E-state index in [1.807, 2.05) is 0 Å². The van der Waals surface area contributed by atoms with E-state index in [2.05, 4.69) is 4.98 Å². The standard InChI is InChI=1S/C12H8F2N2O2/c13-8-3-1-6(5-9(8)14)7-2-4-10(15)16-11(7)12(17)18/h1-5H,(H2,15,16)(H,17,18). The van der Waals surface area contributed by atoms with Crippen LogP contribution < -0.4 is 5.73 Å². The minimum Gasteiger partial charge on any atom is -0.476 e. The van der Waals surface area contributed by atoms with E-state index in [4.69, 9.17) is 10.8 Å². The zero-order valence-corrected chi connectivity index (χ0v) is 9.02. The molecule has 0 spiro atoms. The number of carboxylic acids is 1. The third-order valence-corrected chi connectivity index (χ3v) is 2.35. The number of nitrogen functional groups attached to an aromatic ring is 1. The molecule has 18 heavy (non-hydrogen) atoms. The predicted octanol–water partition coefficient (Wildman–Crippen LogP) is 2.31. The number of benzene rings is 1. The fourth-order valence-electron chi connectivity index (χ4n) is 1.53. The van der Waals surface area contributed by atoms with Gasteiger partial charge in [-0.1, -0.05) is 6.07 Å². The molecular weight excluding hydrogens is 242 g/mol. The van der Waals surface area contributed by atoms with E-state index in [-0.39, 0.29) is 22.6 Å². The van der Waals surface area contributed by atoms with Crippen molar-refractivity contribution in [3.63, 3.8) is 0 Å². The van der Waals surface area contributed by atoms with E-state index < -0.39 is 17.6 Å². The molecule has 1 aromatic carbocycles. The second-order valence-corrected chi connectivity index (χ2v) is 3.57. The van der Waals surface area contributed by atoms with Crippen molar-refractivity contribution in [2.75, 3.05) is 5.73 Å². The molecule has 6 heteroatoms. The first-order chi connectivity index (χ1) is 8.49. The number of hydrogen-bond acceptors (Lipinski definition) is 3. The van der Waals surface area contributed by atoms with Crippen molar-refractivity contribution in [1.82, 2.24) is 4.98 Å². The number of hydrogen-bond donors (Lipinski definition) is 2. The number of nitrogens with zero attached hydrogens (tertiary/aromatic N) is 1. The first kappa shape index (κ1) is 12.0. The lowest BCUT2D eigenvalue weighted by molar-refractivity contribution is 0.0691. The Kier molecular flexibility index (Phi) is 2.93. The molecule has 0 saturated heterocycles. The normalized spacial score (nSPS) is 10.3. The first-order valence-electron chi connectivity index (χ1n) is 4.94. The fraction of sp³-hybridized carbons (Fsp3) is 0.